The number of nitrogens with one attached hydrogen (secondary N) is 2. The molecule has 1 aromatic rings. The summed E-state index contributed by atoms with van der Waals surface area (Å²) in [7, 11) is 0. The number of carbonyl (C=O) groups excluding carboxylic acids is 3. The van der Waals surface area contributed by atoms with E-state index in [0.29, 0.717) is 19.0 Å². The van der Waals surface area contributed by atoms with Gasteiger partial charge in [-0.1, -0.05) is 6.92 Å². The summed E-state index contributed by atoms with van der Waals surface area (Å²) in [6, 6.07) is 3.64. The van der Waals surface area contributed by atoms with E-state index in [-0.39, 0.29) is 35.5 Å². The number of likely N-dealkylation sites (tertiary alicyclic amines) is 1. The molecule has 2 fully saturated rings. The molecule has 7 heteroatoms. The van der Waals surface area contributed by atoms with Crippen molar-refractivity contribution in [2.75, 3.05) is 25.0 Å². The van der Waals surface area contributed by atoms with Gasteiger partial charge in [-0.2, -0.15) is 0 Å². The second-order valence-corrected chi connectivity index (χ2v) is 6.77. The number of halogens is 1. The smallest absolute Gasteiger partial charge is 0.253 e. The zero-order valence-electron chi connectivity index (χ0n) is 14.2. The number of hydrogen-bond acceptors (Lipinski definition) is 3. The van der Waals surface area contributed by atoms with Gasteiger partial charge >= 0.3 is 0 Å². The van der Waals surface area contributed by atoms with Crippen LogP contribution in [-0.2, 0) is 9.59 Å². The predicted molar refractivity (Wildman–Crippen MR) is 90.4 cm³/mol. The Kier molecular flexibility index (Phi) is 5.01. The van der Waals surface area contributed by atoms with Gasteiger partial charge in [0.25, 0.3) is 5.91 Å². The van der Waals surface area contributed by atoms with Gasteiger partial charge in [-0.15, -0.1) is 0 Å². The summed E-state index contributed by atoms with van der Waals surface area (Å²) < 4.78 is 13.6. The fraction of sp³-hybridized carbons (Fsp3) is 0.500. The standard InChI is InChI=1S/C18H22FN3O3/c1-11-8-13(11)18(25)21-15-5-4-12(19)9-14(15)17(24)20-10-16(23)22-6-2-3-7-22/h4-5,9,11,13H,2-3,6-8,10H2,1H3,(H,20,24)(H,21,25). The second kappa shape index (κ2) is 7.21. The molecule has 0 spiro atoms. The van der Waals surface area contributed by atoms with Gasteiger partial charge in [-0.25, -0.2) is 4.39 Å². The van der Waals surface area contributed by atoms with E-state index in [9.17, 15) is 18.8 Å². The zero-order chi connectivity index (χ0) is 18.0. The Morgan fingerprint density at radius 2 is 1.92 bits per heavy atom. The van der Waals surface area contributed by atoms with E-state index in [1.165, 1.54) is 12.1 Å². The lowest BCUT2D eigenvalue weighted by Gasteiger charge is -2.16. The van der Waals surface area contributed by atoms with Crippen LogP contribution in [0.1, 0.15) is 36.5 Å². The lowest BCUT2D eigenvalue weighted by molar-refractivity contribution is -0.129. The molecule has 2 N–H and O–H groups in total. The number of amides is 3. The van der Waals surface area contributed by atoms with Gasteiger partial charge in [-0.3, -0.25) is 14.4 Å². The van der Waals surface area contributed by atoms with Crippen LogP contribution >= 0.6 is 0 Å². The van der Waals surface area contributed by atoms with E-state index in [1.807, 2.05) is 6.92 Å². The molecule has 25 heavy (non-hydrogen) atoms. The number of nitrogens with zero attached hydrogens (tertiary/aromatic N) is 1. The summed E-state index contributed by atoms with van der Waals surface area (Å²) in [5.74, 6) is -1.20. The van der Waals surface area contributed by atoms with Crippen LogP contribution in [0.5, 0.6) is 0 Å². The quantitative estimate of drug-likeness (QED) is 0.852. The highest BCUT2D eigenvalue weighted by atomic mass is 19.1. The number of carbonyl (C=O) groups is 3. The van der Waals surface area contributed by atoms with Gasteiger partial charge in [-0.05, 0) is 43.4 Å². The molecule has 1 aliphatic carbocycles. The van der Waals surface area contributed by atoms with Crippen molar-refractivity contribution in [2.45, 2.75) is 26.2 Å². The highest BCUT2D eigenvalue weighted by molar-refractivity contribution is 6.05. The van der Waals surface area contributed by atoms with Crippen molar-refractivity contribution in [3.05, 3.63) is 29.6 Å². The molecule has 2 unspecified atom stereocenters. The normalized spacial score (nSPS) is 21.8. The Morgan fingerprint density at radius 1 is 1.24 bits per heavy atom. The summed E-state index contributed by atoms with van der Waals surface area (Å²) in [5.41, 5.74) is 0.285. The Balaban J connectivity index is 1.65. The molecule has 1 heterocycles. The third kappa shape index (κ3) is 4.15. The first-order chi connectivity index (χ1) is 12.0. The third-order valence-corrected chi connectivity index (χ3v) is 4.79. The van der Waals surface area contributed by atoms with Crippen molar-refractivity contribution in [2.24, 2.45) is 11.8 Å². The molecule has 6 nitrogen and oxygen atoms in total. The lowest BCUT2D eigenvalue weighted by atomic mass is 10.1. The molecule has 0 aromatic heterocycles. The molecule has 3 amide bonds. The predicted octanol–water partition coefficient (Wildman–Crippen LogP) is 1.77. The van der Waals surface area contributed by atoms with E-state index >= 15 is 0 Å². The maximum Gasteiger partial charge on any atom is 0.253 e. The van der Waals surface area contributed by atoms with Crippen LogP contribution in [0.4, 0.5) is 10.1 Å². The van der Waals surface area contributed by atoms with Gasteiger partial charge < -0.3 is 15.5 Å². The number of rotatable bonds is 5. The summed E-state index contributed by atoms with van der Waals surface area (Å²) in [5, 5.41) is 5.21. The fourth-order valence-corrected chi connectivity index (χ4v) is 3.06. The van der Waals surface area contributed by atoms with Crippen molar-refractivity contribution < 1.29 is 18.8 Å². The molecule has 134 valence electrons. The minimum atomic E-state index is -0.578. The monoisotopic (exact) mass is 347 g/mol. The van der Waals surface area contributed by atoms with Crippen LogP contribution in [0, 0.1) is 17.7 Å². The van der Waals surface area contributed by atoms with Crippen LogP contribution < -0.4 is 10.6 Å². The maximum absolute atomic E-state index is 13.6. The molecule has 1 saturated heterocycles. The molecule has 1 aliphatic heterocycles. The summed E-state index contributed by atoms with van der Waals surface area (Å²) >= 11 is 0. The zero-order valence-corrected chi connectivity index (χ0v) is 14.2. The first-order valence-electron chi connectivity index (χ1n) is 8.62. The van der Waals surface area contributed by atoms with E-state index in [2.05, 4.69) is 10.6 Å². The Labute approximate surface area is 145 Å². The summed E-state index contributed by atoms with van der Waals surface area (Å²) in [6.45, 7) is 3.25. The highest BCUT2D eigenvalue weighted by Gasteiger charge is 2.39. The summed E-state index contributed by atoms with van der Waals surface area (Å²) in [4.78, 5) is 38.2. The van der Waals surface area contributed by atoms with E-state index in [4.69, 9.17) is 0 Å². The van der Waals surface area contributed by atoms with Crippen LogP contribution in [0.15, 0.2) is 18.2 Å². The second-order valence-electron chi connectivity index (χ2n) is 6.77. The van der Waals surface area contributed by atoms with Gasteiger partial charge in [0.05, 0.1) is 17.8 Å². The van der Waals surface area contributed by atoms with Crippen LogP contribution in [-0.4, -0.2) is 42.3 Å². The van der Waals surface area contributed by atoms with Crippen molar-refractivity contribution in [3.63, 3.8) is 0 Å². The average Bonchev–Trinajstić information content (AvgIpc) is 3.09. The molecule has 2 atom stereocenters. The van der Waals surface area contributed by atoms with Crippen LogP contribution in [0.2, 0.25) is 0 Å². The highest BCUT2D eigenvalue weighted by Crippen LogP contribution is 2.38. The first-order valence-corrected chi connectivity index (χ1v) is 8.62. The molecule has 3 rings (SSSR count). The Morgan fingerprint density at radius 3 is 2.56 bits per heavy atom. The third-order valence-electron chi connectivity index (χ3n) is 4.79. The Hall–Kier alpha value is -2.44. The topological polar surface area (TPSA) is 78.5 Å². The molecule has 0 bridgehead atoms. The molecular formula is C18H22FN3O3. The van der Waals surface area contributed by atoms with E-state index in [0.717, 1.165) is 25.3 Å². The van der Waals surface area contributed by atoms with Crippen LogP contribution in [0.25, 0.3) is 0 Å². The minimum absolute atomic E-state index is 0.0240. The molecular weight excluding hydrogens is 325 g/mol. The fourth-order valence-electron chi connectivity index (χ4n) is 3.06. The summed E-state index contributed by atoms with van der Waals surface area (Å²) in [6.07, 6.45) is 2.76. The molecule has 1 saturated carbocycles. The largest absolute Gasteiger partial charge is 0.343 e. The lowest BCUT2D eigenvalue weighted by Crippen LogP contribution is -2.38. The van der Waals surface area contributed by atoms with Crippen molar-refractivity contribution in [1.82, 2.24) is 10.2 Å². The maximum atomic E-state index is 13.6. The number of hydrogen-bond donors (Lipinski definition) is 2. The van der Waals surface area contributed by atoms with Crippen molar-refractivity contribution in [1.29, 1.82) is 0 Å². The van der Waals surface area contributed by atoms with E-state index < -0.39 is 11.7 Å². The van der Waals surface area contributed by atoms with Gasteiger partial charge in [0.2, 0.25) is 11.8 Å². The SMILES string of the molecule is CC1CC1C(=O)Nc1ccc(F)cc1C(=O)NCC(=O)N1CCCC1. The van der Waals surface area contributed by atoms with Gasteiger partial charge in [0, 0.05) is 19.0 Å². The Bertz CT molecular complexity index is 701. The first kappa shape index (κ1) is 17.4. The minimum Gasteiger partial charge on any atom is -0.343 e. The van der Waals surface area contributed by atoms with Crippen LogP contribution in [0.3, 0.4) is 0 Å². The average molecular weight is 347 g/mol. The molecule has 0 radical (unpaired) electrons. The van der Waals surface area contributed by atoms with E-state index in [1.54, 1.807) is 4.90 Å². The van der Waals surface area contributed by atoms with Crippen molar-refractivity contribution >= 4 is 23.4 Å². The van der Waals surface area contributed by atoms with Gasteiger partial charge in [0.1, 0.15) is 5.82 Å². The van der Waals surface area contributed by atoms with Gasteiger partial charge in [0.15, 0.2) is 0 Å². The van der Waals surface area contributed by atoms with Crippen molar-refractivity contribution in [3.8, 4) is 0 Å². The molecule has 1 aromatic carbocycles. The number of benzene rings is 1. The molecule has 2 aliphatic rings. The number of anilines is 1.